The van der Waals surface area contributed by atoms with Crippen molar-refractivity contribution in [1.29, 1.82) is 0 Å². The zero-order chi connectivity index (χ0) is 30.9. The molecule has 1 spiro atoms. The van der Waals surface area contributed by atoms with E-state index in [1.165, 1.54) is 86.1 Å². The Morgan fingerprint density at radius 1 is 1.14 bits per heavy atom. The first-order chi connectivity index (χ1) is 21.2. The lowest BCUT2D eigenvalue weighted by Crippen LogP contribution is -2.53. The summed E-state index contributed by atoms with van der Waals surface area (Å²) in [4.78, 5) is 3.39. The van der Waals surface area contributed by atoms with Gasteiger partial charge in [0, 0.05) is 35.9 Å². The van der Waals surface area contributed by atoms with Crippen LogP contribution >= 0.6 is 11.3 Å². The quantitative estimate of drug-likeness (QED) is 0.280. The number of anilines is 2. The van der Waals surface area contributed by atoms with Crippen molar-refractivity contribution >= 4 is 42.6 Å². The van der Waals surface area contributed by atoms with E-state index in [1.54, 1.807) is 11.3 Å². The van der Waals surface area contributed by atoms with Crippen molar-refractivity contribution in [2.75, 3.05) is 56.8 Å². The minimum atomic E-state index is -3.71. The van der Waals surface area contributed by atoms with Crippen LogP contribution in [0.1, 0.15) is 55.9 Å². The molecule has 1 aliphatic carbocycles. The number of piperidine rings is 1. The topological polar surface area (TPSA) is 79.9 Å². The third-order valence-electron chi connectivity index (χ3n) is 9.64. The van der Waals surface area contributed by atoms with Crippen molar-refractivity contribution in [3.8, 4) is 17.6 Å². The molecule has 2 aliphatic heterocycles. The van der Waals surface area contributed by atoms with Crippen LogP contribution in [0.3, 0.4) is 0 Å². The third-order valence-corrected chi connectivity index (χ3v) is 12.0. The summed E-state index contributed by atoms with van der Waals surface area (Å²) >= 11 is 1.72. The van der Waals surface area contributed by atoms with Gasteiger partial charge in [-0.05, 0) is 75.1 Å². The van der Waals surface area contributed by atoms with E-state index in [1.807, 2.05) is 0 Å². The van der Waals surface area contributed by atoms with Gasteiger partial charge in [-0.2, -0.15) is 0 Å². The minimum absolute atomic E-state index is 0.252. The highest BCUT2D eigenvalue weighted by Gasteiger charge is 2.42. The SMILES string of the molecule is CCc1c(C#CCNc2cc(F)c(S(C)(=O)=O)cc2OC)sc2c(NC3CCC(N4CCC5(CC4)COC5)CC3)cccc12. The van der Waals surface area contributed by atoms with Crippen LogP contribution in [0.2, 0.25) is 0 Å². The zero-order valence-electron chi connectivity index (χ0n) is 25.8. The van der Waals surface area contributed by atoms with Crippen LogP contribution in [0.25, 0.3) is 10.1 Å². The summed E-state index contributed by atoms with van der Waals surface area (Å²) in [6.45, 7) is 6.79. The monoisotopic (exact) mass is 639 g/mol. The van der Waals surface area contributed by atoms with Crippen molar-refractivity contribution in [1.82, 2.24) is 4.90 Å². The number of fused-ring (bicyclic) bond motifs is 1. The number of nitrogens with zero attached hydrogens (tertiary/aromatic N) is 1. The Morgan fingerprint density at radius 3 is 2.52 bits per heavy atom. The first kappa shape index (κ1) is 31.2. The van der Waals surface area contributed by atoms with Gasteiger partial charge in [0.2, 0.25) is 0 Å². The molecule has 0 unspecified atom stereocenters. The summed E-state index contributed by atoms with van der Waals surface area (Å²) in [7, 11) is -2.28. The molecule has 2 N–H and O–H groups in total. The smallest absolute Gasteiger partial charge is 0.178 e. The number of hydrogen-bond acceptors (Lipinski definition) is 8. The maximum Gasteiger partial charge on any atom is 0.178 e. The molecule has 6 rings (SSSR count). The molecule has 0 bridgehead atoms. The molecule has 0 atom stereocenters. The van der Waals surface area contributed by atoms with Gasteiger partial charge in [0.1, 0.15) is 16.5 Å². The first-order valence-corrected chi connectivity index (χ1v) is 18.3. The number of thiophene rings is 1. The predicted molar refractivity (Wildman–Crippen MR) is 176 cm³/mol. The molecule has 1 saturated carbocycles. The van der Waals surface area contributed by atoms with Crippen molar-refractivity contribution in [2.45, 2.75) is 68.8 Å². The van der Waals surface area contributed by atoms with Crippen LogP contribution in [-0.4, -0.2) is 71.6 Å². The van der Waals surface area contributed by atoms with E-state index >= 15 is 0 Å². The molecular weight excluding hydrogens is 598 g/mol. The maximum atomic E-state index is 14.5. The van der Waals surface area contributed by atoms with Crippen LogP contribution in [0.15, 0.2) is 35.2 Å². The fraction of sp³-hybridized carbons (Fsp3) is 0.529. The van der Waals surface area contributed by atoms with E-state index in [0.29, 0.717) is 23.2 Å². The van der Waals surface area contributed by atoms with E-state index in [2.05, 4.69) is 52.5 Å². The van der Waals surface area contributed by atoms with Crippen molar-refractivity contribution in [3.05, 3.63) is 46.6 Å². The number of ether oxygens (including phenoxy) is 2. The molecule has 3 heterocycles. The van der Waals surface area contributed by atoms with Gasteiger partial charge in [0.25, 0.3) is 0 Å². The number of halogens is 1. The lowest BCUT2D eigenvalue weighted by Gasteiger charge is -2.49. The molecular formula is C34H42FN3O4S2. The van der Waals surface area contributed by atoms with Gasteiger partial charge in [-0.3, -0.25) is 0 Å². The van der Waals surface area contributed by atoms with Crippen LogP contribution in [-0.2, 0) is 21.0 Å². The highest BCUT2D eigenvalue weighted by Crippen LogP contribution is 2.41. The molecule has 10 heteroatoms. The number of hydrogen-bond donors (Lipinski definition) is 2. The van der Waals surface area contributed by atoms with Gasteiger partial charge < -0.3 is 25.0 Å². The van der Waals surface area contributed by atoms with Crippen LogP contribution in [0.5, 0.6) is 5.75 Å². The molecule has 0 radical (unpaired) electrons. The standard InChI is InChI=1S/C34H42FN3O4S2/c1-4-25-26-7-5-8-28(37-23-10-12-24(13-11-23)38-17-14-34(15-18-38)21-42-22-34)33(26)43-31(25)9-6-16-36-29-19-27(35)32(44(3,39)40)20-30(29)41-2/h5,7-8,19-20,23-24,36-37H,4,10-18,21-22H2,1-3H3. The normalized spacial score (nSPS) is 21.8. The summed E-state index contributed by atoms with van der Waals surface area (Å²) in [5.41, 5.74) is 3.28. The second kappa shape index (κ2) is 12.9. The lowest BCUT2D eigenvalue weighted by molar-refractivity contribution is -0.143. The number of sulfone groups is 1. The van der Waals surface area contributed by atoms with E-state index < -0.39 is 15.7 Å². The Bertz CT molecular complexity index is 1670. The number of nitrogens with one attached hydrogen (secondary N) is 2. The molecule has 3 fully saturated rings. The number of methoxy groups -OCH3 is 1. The van der Waals surface area contributed by atoms with Crippen molar-refractivity contribution in [2.24, 2.45) is 5.41 Å². The van der Waals surface area contributed by atoms with Crippen molar-refractivity contribution in [3.63, 3.8) is 0 Å². The largest absolute Gasteiger partial charge is 0.495 e. The lowest BCUT2D eigenvalue weighted by atomic mass is 9.76. The van der Waals surface area contributed by atoms with E-state index in [9.17, 15) is 12.8 Å². The Morgan fingerprint density at radius 2 is 1.89 bits per heavy atom. The average Bonchev–Trinajstić information content (AvgIpc) is 3.37. The van der Waals surface area contributed by atoms with Crippen LogP contribution < -0.4 is 15.4 Å². The number of aryl methyl sites for hydroxylation is 1. The Labute approximate surface area is 264 Å². The Kier molecular flexibility index (Phi) is 9.12. The van der Waals surface area contributed by atoms with Gasteiger partial charge in [-0.25, -0.2) is 12.8 Å². The maximum absolute atomic E-state index is 14.5. The molecule has 44 heavy (non-hydrogen) atoms. The van der Waals surface area contributed by atoms with E-state index in [0.717, 1.165) is 36.8 Å². The van der Waals surface area contributed by atoms with E-state index in [4.69, 9.17) is 9.47 Å². The van der Waals surface area contributed by atoms with Crippen LogP contribution in [0, 0.1) is 23.1 Å². The second-order valence-electron chi connectivity index (χ2n) is 12.5. The third kappa shape index (κ3) is 6.43. The summed E-state index contributed by atoms with van der Waals surface area (Å²) < 4.78 is 50.3. The van der Waals surface area contributed by atoms with Gasteiger partial charge in [-0.1, -0.05) is 30.9 Å². The molecule has 3 aromatic rings. The Hall–Kier alpha value is -2.84. The van der Waals surface area contributed by atoms with Gasteiger partial charge in [0.15, 0.2) is 9.84 Å². The number of likely N-dealkylation sites (tertiary alicyclic amines) is 1. The summed E-state index contributed by atoms with van der Waals surface area (Å²) in [5.74, 6) is 5.94. The molecule has 0 amide bonds. The zero-order valence-corrected chi connectivity index (χ0v) is 27.4. The van der Waals surface area contributed by atoms with Crippen molar-refractivity contribution < 1.29 is 22.3 Å². The molecule has 1 aromatic heterocycles. The predicted octanol–water partition coefficient (Wildman–Crippen LogP) is 6.31. The highest BCUT2D eigenvalue weighted by atomic mass is 32.2. The van der Waals surface area contributed by atoms with Crippen LogP contribution in [0.4, 0.5) is 15.8 Å². The fourth-order valence-electron chi connectivity index (χ4n) is 6.97. The minimum Gasteiger partial charge on any atom is -0.495 e. The van der Waals surface area contributed by atoms with E-state index in [-0.39, 0.29) is 17.2 Å². The van der Waals surface area contributed by atoms with Gasteiger partial charge in [0.05, 0.1) is 47.8 Å². The Balaban J connectivity index is 1.10. The van der Waals surface area contributed by atoms with Gasteiger partial charge >= 0.3 is 0 Å². The average molecular weight is 640 g/mol. The molecule has 2 aromatic carbocycles. The first-order valence-electron chi connectivity index (χ1n) is 15.6. The second-order valence-corrected chi connectivity index (χ2v) is 15.5. The molecule has 2 saturated heterocycles. The summed E-state index contributed by atoms with van der Waals surface area (Å²) in [6, 6.07) is 10.0. The number of benzene rings is 2. The summed E-state index contributed by atoms with van der Waals surface area (Å²) in [6.07, 6.45) is 9.30. The molecule has 7 nitrogen and oxygen atoms in total. The molecule has 3 aliphatic rings. The summed E-state index contributed by atoms with van der Waals surface area (Å²) in [5, 5.41) is 8.21. The fourth-order valence-corrected chi connectivity index (χ4v) is 8.95. The number of rotatable bonds is 8. The van der Waals surface area contributed by atoms with Gasteiger partial charge in [-0.15, -0.1) is 11.3 Å². The highest BCUT2D eigenvalue weighted by molar-refractivity contribution is 7.90. The molecule has 236 valence electrons.